The van der Waals surface area contributed by atoms with Gasteiger partial charge in [-0.1, -0.05) is 13.8 Å². The van der Waals surface area contributed by atoms with Crippen LogP contribution >= 0.6 is 0 Å². The van der Waals surface area contributed by atoms with E-state index in [1.807, 2.05) is 12.1 Å². The van der Waals surface area contributed by atoms with Crippen LogP contribution in [0, 0.1) is 5.92 Å². The number of hydrogen-bond donors (Lipinski definition) is 2. The van der Waals surface area contributed by atoms with Crippen molar-refractivity contribution in [1.82, 2.24) is 39.3 Å². The Hall–Kier alpha value is -4.02. The first-order valence-corrected chi connectivity index (χ1v) is 10.1. The van der Waals surface area contributed by atoms with Crippen molar-refractivity contribution in [2.75, 3.05) is 17.2 Å². The quantitative estimate of drug-likeness (QED) is 0.391. The normalized spacial score (nSPS) is 11.6. The van der Waals surface area contributed by atoms with Gasteiger partial charge in [0.15, 0.2) is 34.0 Å². The Bertz CT molecular complexity index is 1300. The van der Waals surface area contributed by atoms with Gasteiger partial charge < -0.3 is 15.1 Å². The third kappa shape index (κ3) is 3.65. The van der Waals surface area contributed by atoms with Crippen molar-refractivity contribution in [3.8, 4) is 0 Å². The second kappa shape index (κ2) is 8.01. The molecule has 2 N–H and O–H groups in total. The second-order valence-electron chi connectivity index (χ2n) is 7.51. The molecule has 0 atom stereocenters. The predicted molar refractivity (Wildman–Crippen MR) is 115 cm³/mol. The smallest absolute Gasteiger partial charge is 0.185 e. The molecule has 0 spiro atoms. The van der Waals surface area contributed by atoms with Gasteiger partial charge in [-0.3, -0.25) is 0 Å². The Balaban J connectivity index is 1.47. The Kier molecular flexibility index (Phi) is 4.90. The summed E-state index contributed by atoms with van der Waals surface area (Å²) in [6.07, 6.45) is 9.07. The highest BCUT2D eigenvalue weighted by atomic mass is 16.3. The number of hydrogen-bond acceptors (Lipinski definition) is 9. The first-order valence-electron chi connectivity index (χ1n) is 10.1. The van der Waals surface area contributed by atoms with Crippen molar-refractivity contribution < 1.29 is 4.42 Å². The van der Waals surface area contributed by atoms with E-state index in [-0.39, 0.29) is 0 Å². The zero-order valence-corrected chi connectivity index (χ0v) is 17.2. The number of nitrogens with zero attached hydrogens (tertiary/aromatic N) is 8. The van der Waals surface area contributed by atoms with E-state index in [0.717, 1.165) is 18.7 Å². The minimum atomic E-state index is 0.499. The molecule has 0 aliphatic rings. The Labute approximate surface area is 177 Å². The van der Waals surface area contributed by atoms with Gasteiger partial charge in [-0.05, 0) is 24.5 Å². The molecular formula is C20H22N10O. The van der Waals surface area contributed by atoms with Crippen LogP contribution in [0.15, 0.2) is 48.1 Å². The molecule has 5 rings (SSSR count). The first kappa shape index (κ1) is 19.0. The molecule has 0 saturated carbocycles. The lowest BCUT2D eigenvalue weighted by Gasteiger charge is -2.09. The largest absolute Gasteiger partial charge is 0.467 e. The summed E-state index contributed by atoms with van der Waals surface area (Å²) < 4.78 is 8.95. The summed E-state index contributed by atoms with van der Waals surface area (Å²) in [5, 5.41) is 6.60. The lowest BCUT2D eigenvalue weighted by molar-refractivity contribution is 0.518. The topological polar surface area (TPSA) is 124 Å². The first-order chi connectivity index (χ1) is 15.2. The molecule has 0 unspecified atom stereocenters. The van der Waals surface area contributed by atoms with Crippen molar-refractivity contribution in [2.24, 2.45) is 5.92 Å². The van der Waals surface area contributed by atoms with Crippen LogP contribution in [0.4, 0.5) is 11.6 Å². The van der Waals surface area contributed by atoms with E-state index < -0.39 is 0 Å². The van der Waals surface area contributed by atoms with Gasteiger partial charge in [0.25, 0.3) is 0 Å². The van der Waals surface area contributed by atoms with Gasteiger partial charge in [0.2, 0.25) is 0 Å². The van der Waals surface area contributed by atoms with Crippen molar-refractivity contribution in [1.29, 1.82) is 0 Å². The fourth-order valence-electron chi connectivity index (χ4n) is 3.28. The molecule has 11 nitrogen and oxygen atoms in total. The summed E-state index contributed by atoms with van der Waals surface area (Å²) in [5.74, 6) is 2.75. The number of imidazole rings is 2. The molecule has 0 fully saturated rings. The van der Waals surface area contributed by atoms with Crippen LogP contribution < -0.4 is 10.6 Å². The molecule has 5 aromatic rings. The molecule has 0 aliphatic heterocycles. The van der Waals surface area contributed by atoms with Crippen LogP contribution in [0.5, 0.6) is 0 Å². The maximum Gasteiger partial charge on any atom is 0.185 e. The molecule has 0 amide bonds. The molecular weight excluding hydrogens is 396 g/mol. The fraction of sp³-hybridized carbons (Fsp3) is 0.300. The van der Waals surface area contributed by atoms with E-state index in [4.69, 9.17) is 4.42 Å². The predicted octanol–water partition coefficient (Wildman–Crippen LogP) is 2.94. The minimum absolute atomic E-state index is 0.499. The zero-order chi connectivity index (χ0) is 21.2. The molecule has 0 bridgehead atoms. The number of anilines is 2. The average Bonchev–Trinajstić information content (AvgIpc) is 3.51. The summed E-state index contributed by atoms with van der Waals surface area (Å²) in [5.41, 5.74) is 2.62. The third-order valence-electron chi connectivity index (χ3n) is 4.89. The second-order valence-corrected chi connectivity index (χ2v) is 7.51. The SMILES string of the molecule is CC(C)CCNc1ncnc2c1ncn2-n1cnc2c(NCc3ccco3)ncnc21. The Morgan fingerprint density at radius 2 is 1.52 bits per heavy atom. The van der Waals surface area contributed by atoms with Gasteiger partial charge in [0, 0.05) is 6.54 Å². The van der Waals surface area contributed by atoms with Crippen LogP contribution in [0.3, 0.4) is 0 Å². The number of aromatic nitrogens is 8. The van der Waals surface area contributed by atoms with Crippen molar-refractivity contribution in [2.45, 2.75) is 26.8 Å². The number of fused-ring (bicyclic) bond motifs is 2. The van der Waals surface area contributed by atoms with E-state index in [1.165, 1.54) is 12.7 Å². The standard InChI is InChI=1S/C20H22N10O/c1-13(2)5-6-21-17-15-19(25-9-23-17)29(11-27-15)30-12-28-16-18(24-10-26-20(16)30)22-8-14-4-3-7-31-14/h3-4,7,9-13H,5-6,8H2,1-2H3,(H,21,23,25)(H,22,24,26). The van der Waals surface area contributed by atoms with Crippen LogP contribution in [-0.2, 0) is 6.54 Å². The summed E-state index contributed by atoms with van der Waals surface area (Å²) in [6.45, 7) is 5.70. The van der Waals surface area contributed by atoms with Gasteiger partial charge in [0.1, 0.15) is 31.1 Å². The molecule has 0 aromatic carbocycles. The highest BCUT2D eigenvalue weighted by molar-refractivity contribution is 5.85. The van der Waals surface area contributed by atoms with Gasteiger partial charge in [-0.15, -0.1) is 0 Å². The number of furan rings is 1. The molecule has 0 saturated heterocycles. The van der Waals surface area contributed by atoms with Crippen molar-refractivity contribution in [3.05, 3.63) is 49.5 Å². The van der Waals surface area contributed by atoms with Crippen LogP contribution in [0.1, 0.15) is 26.0 Å². The van der Waals surface area contributed by atoms with Crippen LogP contribution in [0.2, 0.25) is 0 Å². The van der Waals surface area contributed by atoms with E-state index in [2.05, 4.69) is 54.4 Å². The Morgan fingerprint density at radius 3 is 2.10 bits per heavy atom. The highest BCUT2D eigenvalue weighted by Gasteiger charge is 2.16. The molecule has 11 heteroatoms. The highest BCUT2D eigenvalue weighted by Crippen LogP contribution is 2.22. The fourth-order valence-corrected chi connectivity index (χ4v) is 3.28. The van der Waals surface area contributed by atoms with Gasteiger partial charge in [0.05, 0.1) is 12.8 Å². The van der Waals surface area contributed by atoms with E-state index >= 15 is 0 Å². The van der Waals surface area contributed by atoms with Crippen molar-refractivity contribution in [3.63, 3.8) is 0 Å². The molecule has 0 aliphatic carbocycles. The number of rotatable bonds is 8. The maximum atomic E-state index is 5.37. The summed E-state index contributed by atoms with van der Waals surface area (Å²) in [6, 6.07) is 3.74. The van der Waals surface area contributed by atoms with E-state index in [9.17, 15) is 0 Å². The van der Waals surface area contributed by atoms with E-state index in [1.54, 1.807) is 28.3 Å². The summed E-state index contributed by atoms with van der Waals surface area (Å²) >= 11 is 0. The molecule has 5 heterocycles. The van der Waals surface area contributed by atoms with Crippen LogP contribution in [0.25, 0.3) is 22.3 Å². The van der Waals surface area contributed by atoms with Gasteiger partial charge in [-0.2, -0.15) is 0 Å². The summed E-state index contributed by atoms with van der Waals surface area (Å²) in [4.78, 5) is 26.6. The molecule has 0 radical (unpaired) electrons. The zero-order valence-electron chi connectivity index (χ0n) is 17.2. The number of nitrogens with one attached hydrogen (secondary N) is 2. The van der Waals surface area contributed by atoms with E-state index in [0.29, 0.717) is 46.4 Å². The lowest BCUT2D eigenvalue weighted by atomic mass is 10.1. The molecule has 5 aromatic heterocycles. The monoisotopic (exact) mass is 418 g/mol. The van der Waals surface area contributed by atoms with Crippen LogP contribution in [-0.4, -0.2) is 45.8 Å². The Morgan fingerprint density at radius 1 is 0.871 bits per heavy atom. The minimum Gasteiger partial charge on any atom is -0.467 e. The molecule has 158 valence electrons. The third-order valence-corrected chi connectivity index (χ3v) is 4.89. The van der Waals surface area contributed by atoms with Gasteiger partial charge >= 0.3 is 0 Å². The van der Waals surface area contributed by atoms with Crippen molar-refractivity contribution >= 4 is 34.0 Å². The summed E-state index contributed by atoms with van der Waals surface area (Å²) in [7, 11) is 0. The molecule has 31 heavy (non-hydrogen) atoms. The average molecular weight is 418 g/mol. The lowest BCUT2D eigenvalue weighted by Crippen LogP contribution is -2.10. The maximum absolute atomic E-state index is 5.37. The van der Waals surface area contributed by atoms with Gasteiger partial charge in [-0.25, -0.2) is 39.3 Å².